The van der Waals surface area contributed by atoms with Crippen LogP contribution in [-0.2, 0) is 22.4 Å². The predicted molar refractivity (Wildman–Crippen MR) is 73.5 cm³/mol. The van der Waals surface area contributed by atoms with E-state index in [2.05, 4.69) is 9.67 Å². The molecule has 0 fully saturated rings. The minimum Gasteiger partial charge on any atom is -0.461 e. The lowest BCUT2D eigenvalue weighted by atomic mass is 10.1. The fourth-order valence-electron chi connectivity index (χ4n) is 2.82. The van der Waals surface area contributed by atoms with E-state index in [1.165, 1.54) is 5.69 Å². The zero-order chi connectivity index (χ0) is 13.5. The van der Waals surface area contributed by atoms with Crippen LogP contribution in [0.3, 0.4) is 0 Å². The molecule has 0 atom stereocenters. The van der Waals surface area contributed by atoms with Crippen molar-refractivity contribution in [3.63, 3.8) is 0 Å². The van der Waals surface area contributed by atoms with Crippen LogP contribution in [0.5, 0.6) is 0 Å². The van der Waals surface area contributed by atoms with E-state index < -0.39 is 0 Å². The van der Waals surface area contributed by atoms with Gasteiger partial charge in [0.1, 0.15) is 12.0 Å². The Morgan fingerprint density at radius 2 is 2.25 bits per heavy atom. The van der Waals surface area contributed by atoms with Gasteiger partial charge in [0.2, 0.25) is 6.79 Å². The van der Waals surface area contributed by atoms with Crippen molar-refractivity contribution in [2.45, 2.75) is 26.3 Å². The molecular weight excluding hydrogens is 254 g/mol. The van der Waals surface area contributed by atoms with Crippen molar-refractivity contribution in [3.05, 3.63) is 41.4 Å². The molecule has 0 amide bonds. The average Bonchev–Trinajstić information content (AvgIpc) is 3.14. The predicted octanol–water partition coefficient (Wildman–Crippen LogP) is 2.50. The summed E-state index contributed by atoms with van der Waals surface area (Å²) >= 11 is 0. The standard InChI is InChI=1S/C15H15N3O2/c1-10-4-2-5-11(16-10)15-14(13-8-19-9-20-13)12-6-3-7-18(12)17-15/h2,4-5,8H,3,6-7,9H2,1H3. The maximum atomic E-state index is 5.57. The van der Waals surface area contributed by atoms with E-state index in [4.69, 9.17) is 14.6 Å². The molecule has 0 saturated carbocycles. The highest BCUT2D eigenvalue weighted by Gasteiger charge is 2.28. The molecule has 0 bridgehead atoms. The Morgan fingerprint density at radius 1 is 1.30 bits per heavy atom. The number of aryl methyl sites for hydroxylation is 2. The minimum absolute atomic E-state index is 0.278. The molecule has 4 heterocycles. The van der Waals surface area contributed by atoms with Gasteiger partial charge in [-0.15, -0.1) is 0 Å². The van der Waals surface area contributed by atoms with Gasteiger partial charge in [0.25, 0.3) is 0 Å². The molecule has 20 heavy (non-hydrogen) atoms. The number of nitrogens with zero attached hydrogens (tertiary/aromatic N) is 3. The fraction of sp³-hybridized carbons (Fsp3) is 0.333. The van der Waals surface area contributed by atoms with Crippen molar-refractivity contribution in [1.29, 1.82) is 0 Å². The number of rotatable bonds is 2. The van der Waals surface area contributed by atoms with Crippen LogP contribution in [0.1, 0.15) is 23.4 Å². The van der Waals surface area contributed by atoms with Crippen LogP contribution >= 0.6 is 0 Å². The van der Waals surface area contributed by atoms with Gasteiger partial charge in [0, 0.05) is 12.2 Å². The molecule has 0 spiro atoms. The lowest BCUT2D eigenvalue weighted by molar-refractivity contribution is 0.100. The smallest absolute Gasteiger partial charge is 0.230 e. The van der Waals surface area contributed by atoms with Crippen molar-refractivity contribution < 1.29 is 9.47 Å². The molecule has 5 nitrogen and oxygen atoms in total. The Kier molecular flexibility index (Phi) is 2.52. The largest absolute Gasteiger partial charge is 0.461 e. The summed E-state index contributed by atoms with van der Waals surface area (Å²) in [6.07, 6.45) is 3.83. The lowest BCUT2D eigenvalue weighted by Gasteiger charge is -2.05. The Balaban J connectivity index is 1.91. The fourth-order valence-corrected chi connectivity index (χ4v) is 2.82. The zero-order valence-corrected chi connectivity index (χ0v) is 11.3. The monoisotopic (exact) mass is 269 g/mol. The summed E-state index contributed by atoms with van der Waals surface area (Å²) in [5.41, 5.74) is 5.02. The maximum absolute atomic E-state index is 5.57. The van der Waals surface area contributed by atoms with E-state index in [0.29, 0.717) is 0 Å². The molecule has 0 saturated heterocycles. The first-order valence-electron chi connectivity index (χ1n) is 6.81. The second-order valence-electron chi connectivity index (χ2n) is 5.07. The molecule has 102 valence electrons. The molecule has 0 radical (unpaired) electrons. The number of hydrogen-bond donors (Lipinski definition) is 0. The molecule has 5 heteroatoms. The van der Waals surface area contributed by atoms with Crippen molar-refractivity contribution in [1.82, 2.24) is 14.8 Å². The average molecular weight is 269 g/mol. The minimum atomic E-state index is 0.278. The summed E-state index contributed by atoms with van der Waals surface area (Å²) in [5, 5.41) is 4.72. The van der Waals surface area contributed by atoms with E-state index >= 15 is 0 Å². The summed E-state index contributed by atoms with van der Waals surface area (Å²) in [7, 11) is 0. The van der Waals surface area contributed by atoms with Crippen LogP contribution in [0.25, 0.3) is 17.1 Å². The van der Waals surface area contributed by atoms with E-state index in [9.17, 15) is 0 Å². The third-order valence-corrected chi connectivity index (χ3v) is 3.69. The first-order chi connectivity index (χ1) is 9.83. The quantitative estimate of drug-likeness (QED) is 0.840. The number of fused-ring (bicyclic) bond motifs is 1. The molecule has 0 aliphatic carbocycles. The van der Waals surface area contributed by atoms with Gasteiger partial charge >= 0.3 is 0 Å². The van der Waals surface area contributed by atoms with E-state index in [0.717, 1.165) is 47.8 Å². The van der Waals surface area contributed by atoms with Gasteiger partial charge in [-0.25, -0.2) is 0 Å². The van der Waals surface area contributed by atoms with Gasteiger partial charge in [-0.05, 0) is 31.9 Å². The zero-order valence-electron chi connectivity index (χ0n) is 11.3. The van der Waals surface area contributed by atoms with Crippen LogP contribution in [0.15, 0.2) is 24.5 Å². The second-order valence-corrected chi connectivity index (χ2v) is 5.07. The van der Waals surface area contributed by atoms with Gasteiger partial charge in [-0.2, -0.15) is 5.10 Å². The molecule has 0 N–H and O–H groups in total. The first kappa shape index (κ1) is 11.5. The molecule has 4 rings (SSSR count). The Morgan fingerprint density at radius 3 is 3.05 bits per heavy atom. The SMILES string of the molecule is Cc1cccc(-c2nn3c(c2C2=COCO2)CCC3)n1. The Labute approximate surface area is 116 Å². The third-order valence-electron chi connectivity index (χ3n) is 3.69. The van der Waals surface area contributed by atoms with Gasteiger partial charge in [-0.1, -0.05) is 6.07 Å². The molecule has 0 aromatic carbocycles. The highest BCUT2D eigenvalue weighted by Crippen LogP contribution is 2.35. The number of aromatic nitrogens is 3. The number of hydrogen-bond acceptors (Lipinski definition) is 4. The molecule has 2 aromatic rings. The van der Waals surface area contributed by atoms with E-state index in [1.807, 2.05) is 25.1 Å². The molecule has 2 aliphatic heterocycles. The van der Waals surface area contributed by atoms with E-state index in [1.54, 1.807) is 6.26 Å². The maximum Gasteiger partial charge on any atom is 0.230 e. The van der Waals surface area contributed by atoms with Crippen molar-refractivity contribution in [2.75, 3.05) is 6.79 Å². The molecule has 0 unspecified atom stereocenters. The normalized spacial score (nSPS) is 16.6. The van der Waals surface area contributed by atoms with Crippen LogP contribution in [0.4, 0.5) is 0 Å². The van der Waals surface area contributed by atoms with Crippen LogP contribution in [-0.4, -0.2) is 21.6 Å². The van der Waals surface area contributed by atoms with Crippen LogP contribution in [0, 0.1) is 6.92 Å². The summed E-state index contributed by atoms with van der Waals surface area (Å²) in [4.78, 5) is 4.59. The van der Waals surface area contributed by atoms with Crippen molar-refractivity contribution in [3.8, 4) is 11.4 Å². The Hall–Kier alpha value is -2.30. The highest BCUT2D eigenvalue weighted by atomic mass is 16.7. The van der Waals surface area contributed by atoms with Gasteiger partial charge < -0.3 is 9.47 Å². The molecular formula is C15H15N3O2. The number of pyridine rings is 1. The summed E-state index contributed by atoms with van der Waals surface area (Å²) in [6.45, 7) is 3.23. The highest BCUT2D eigenvalue weighted by molar-refractivity contribution is 5.76. The van der Waals surface area contributed by atoms with Crippen molar-refractivity contribution in [2.24, 2.45) is 0 Å². The number of ether oxygens (including phenoxy) is 2. The summed E-state index contributed by atoms with van der Waals surface area (Å²) in [6, 6.07) is 5.98. The van der Waals surface area contributed by atoms with E-state index in [-0.39, 0.29) is 6.79 Å². The van der Waals surface area contributed by atoms with Crippen molar-refractivity contribution >= 4 is 5.76 Å². The summed E-state index contributed by atoms with van der Waals surface area (Å²) in [5.74, 6) is 0.770. The third kappa shape index (κ3) is 1.70. The lowest BCUT2D eigenvalue weighted by Crippen LogP contribution is -1.95. The van der Waals surface area contributed by atoms with Crippen LogP contribution < -0.4 is 0 Å². The molecule has 2 aliphatic rings. The van der Waals surface area contributed by atoms with Gasteiger partial charge in [0.15, 0.2) is 5.76 Å². The molecule has 2 aromatic heterocycles. The summed E-state index contributed by atoms with van der Waals surface area (Å²) < 4.78 is 12.9. The van der Waals surface area contributed by atoms with Crippen LogP contribution in [0.2, 0.25) is 0 Å². The first-order valence-corrected chi connectivity index (χ1v) is 6.81. The Bertz CT molecular complexity index is 703. The second kappa shape index (κ2) is 4.37. The van der Waals surface area contributed by atoms with Gasteiger partial charge in [-0.3, -0.25) is 9.67 Å². The van der Waals surface area contributed by atoms with Gasteiger partial charge in [0.05, 0.1) is 17.0 Å². The topological polar surface area (TPSA) is 49.2 Å².